The highest BCUT2D eigenvalue weighted by molar-refractivity contribution is 8.04. The van der Waals surface area contributed by atoms with Crippen LogP contribution in [0.2, 0.25) is 0 Å². The molecule has 84 valence electrons. The van der Waals surface area contributed by atoms with Crippen molar-refractivity contribution in [1.82, 2.24) is 4.90 Å². The van der Waals surface area contributed by atoms with Gasteiger partial charge in [-0.2, -0.15) is 5.26 Å². The molecule has 2 unspecified atom stereocenters. The molecule has 1 amide bonds. The predicted octanol–water partition coefficient (Wildman–Crippen LogP) is 2.38. The van der Waals surface area contributed by atoms with Crippen molar-refractivity contribution >= 4 is 17.7 Å². The third-order valence-corrected chi connectivity index (χ3v) is 3.85. The SMILES string of the molecule is CCC(SC#N)C(=O)N1CCCCC1C. The Morgan fingerprint density at radius 3 is 2.93 bits per heavy atom. The second kappa shape index (κ2) is 6.02. The van der Waals surface area contributed by atoms with Crippen LogP contribution in [0.4, 0.5) is 0 Å². The standard InChI is InChI=1S/C11H18N2OS/c1-3-10(15-8-12)11(14)13-7-5-4-6-9(13)2/h9-10H,3-7H2,1-2H3. The molecule has 0 spiro atoms. The first-order chi connectivity index (χ1) is 7.20. The van der Waals surface area contributed by atoms with Crippen molar-refractivity contribution < 1.29 is 4.79 Å². The van der Waals surface area contributed by atoms with Crippen LogP contribution in [0.25, 0.3) is 0 Å². The summed E-state index contributed by atoms with van der Waals surface area (Å²) in [6, 6.07) is 0.347. The summed E-state index contributed by atoms with van der Waals surface area (Å²) in [5, 5.41) is 10.5. The Balaban J connectivity index is 2.60. The number of rotatable bonds is 3. The number of hydrogen-bond donors (Lipinski definition) is 0. The monoisotopic (exact) mass is 226 g/mol. The molecule has 0 aliphatic carbocycles. The van der Waals surface area contributed by atoms with Crippen LogP contribution >= 0.6 is 11.8 Å². The molecular formula is C11H18N2OS. The number of thiocyanates is 1. The van der Waals surface area contributed by atoms with Crippen LogP contribution < -0.4 is 0 Å². The maximum Gasteiger partial charge on any atom is 0.237 e. The maximum atomic E-state index is 12.1. The molecule has 0 saturated carbocycles. The average Bonchev–Trinajstić information content (AvgIpc) is 2.25. The predicted molar refractivity (Wildman–Crippen MR) is 62.3 cm³/mol. The minimum atomic E-state index is -0.171. The van der Waals surface area contributed by atoms with Gasteiger partial charge in [-0.25, -0.2) is 0 Å². The molecule has 0 N–H and O–H groups in total. The first-order valence-electron chi connectivity index (χ1n) is 5.56. The van der Waals surface area contributed by atoms with Gasteiger partial charge < -0.3 is 4.90 Å². The van der Waals surface area contributed by atoms with Gasteiger partial charge in [-0.15, -0.1) is 0 Å². The van der Waals surface area contributed by atoms with Gasteiger partial charge >= 0.3 is 0 Å². The van der Waals surface area contributed by atoms with Crippen LogP contribution in [0.3, 0.4) is 0 Å². The Bertz CT molecular complexity index is 262. The fourth-order valence-corrected chi connectivity index (χ4v) is 2.51. The van der Waals surface area contributed by atoms with Gasteiger partial charge in [0.1, 0.15) is 5.40 Å². The number of carbonyl (C=O) groups excluding carboxylic acids is 1. The summed E-state index contributed by atoms with van der Waals surface area (Å²) in [4.78, 5) is 14.0. The zero-order chi connectivity index (χ0) is 11.3. The Morgan fingerprint density at radius 2 is 2.40 bits per heavy atom. The molecule has 0 bridgehead atoms. The molecule has 4 heteroatoms. The van der Waals surface area contributed by atoms with Gasteiger partial charge in [-0.05, 0) is 44.4 Å². The fraction of sp³-hybridized carbons (Fsp3) is 0.818. The molecule has 1 aliphatic rings. The van der Waals surface area contributed by atoms with E-state index in [1.54, 1.807) is 0 Å². The largest absolute Gasteiger partial charge is 0.339 e. The molecule has 3 nitrogen and oxygen atoms in total. The van der Waals surface area contributed by atoms with E-state index in [4.69, 9.17) is 5.26 Å². The van der Waals surface area contributed by atoms with E-state index >= 15 is 0 Å². The lowest BCUT2D eigenvalue weighted by atomic mass is 10.0. The zero-order valence-electron chi connectivity index (χ0n) is 9.40. The van der Waals surface area contributed by atoms with Gasteiger partial charge in [0.2, 0.25) is 5.91 Å². The van der Waals surface area contributed by atoms with Crippen molar-refractivity contribution in [3.05, 3.63) is 0 Å². The molecule has 1 heterocycles. The Morgan fingerprint density at radius 1 is 1.67 bits per heavy atom. The van der Waals surface area contributed by atoms with Crippen LogP contribution in [0.15, 0.2) is 0 Å². The quantitative estimate of drug-likeness (QED) is 0.694. The molecule has 0 aromatic rings. The summed E-state index contributed by atoms with van der Waals surface area (Å²) in [6.45, 7) is 4.92. The van der Waals surface area contributed by atoms with E-state index in [1.165, 1.54) is 6.42 Å². The first-order valence-corrected chi connectivity index (χ1v) is 6.43. The van der Waals surface area contributed by atoms with Gasteiger partial charge in [-0.1, -0.05) is 6.92 Å². The van der Waals surface area contributed by atoms with E-state index in [9.17, 15) is 4.79 Å². The molecule has 15 heavy (non-hydrogen) atoms. The van der Waals surface area contributed by atoms with Crippen LogP contribution in [0.5, 0.6) is 0 Å². The van der Waals surface area contributed by atoms with Crippen LogP contribution in [0, 0.1) is 10.7 Å². The summed E-state index contributed by atoms with van der Waals surface area (Å²) in [7, 11) is 0. The highest BCUT2D eigenvalue weighted by Gasteiger charge is 2.28. The van der Waals surface area contributed by atoms with E-state index < -0.39 is 0 Å². The highest BCUT2D eigenvalue weighted by atomic mass is 32.2. The van der Waals surface area contributed by atoms with Crippen molar-refractivity contribution in [2.24, 2.45) is 0 Å². The summed E-state index contributed by atoms with van der Waals surface area (Å²) in [6.07, 6.45) is 4.15. The first kappa shape index (κ1) is 12.4. The maximum absolute atomic E-state index is 12.1. The number of likely N-dealkylation sites (tertiary alicyclic amines) is 1. The summed E-state index contributed by atoms with van der Waals surface area (Å²) < 4.78 is 0. The van der Waals surface area contributed by atoms with Gasteiger partial charge in [0.25, 0.3) is 0 Å². The summed E-state index contributed by atoms with van der Waals surface area (Å²) in [5.41, 5.74) is 0. The third kappa shape index (κ3) is 3.13. The van der Waals surface area contributed by atoms with Crippen LogP contribution in [0.1, 0.15) is 39.5 Å². The lowest BCUT2D eigenvalue weighted by molar-refractivity contribution is -0.133. The normalized spacial score (nSPS) is 23.3. The topological polar surface area (TPSA) is 44.1 Å². The minimum Gasteiger partial charge on any atom is -0.339 e. The van der Waals surface area contributed by atoms with E-state index in [0.29, 0.717) is 6.04 Å². The molecule has 0 radical (unpaired) electrons. The molecule has 0 aromatic carbocycles. The molecule has 1 fully saturated rings. The van der Waals surface area contributed by atoms with Crippen LogP contribution in [-0.4, -0.2) is 28.6 Å². The molecule has 1 aliphatic heterocycles. The second-order valence-corrected chi connectivity index (χ2v) is 4.97. The summed E-state index contributed by atoms with van der Waals surface area (Å²) in [5.74, 6) is 0.149. The van der Waals surface area contributed by atoms with Crippen LogP contribution in [-0.2, 0) is 4.79 Å². The molecule has 2 atom stereocenters. The van der Waals surface area contributed by atoms with E-state index in [0.717, 1.165) is 37.6 Å². The highest BCUT2D eigenvalue weighted by Crippen LogP contribution is 2.22. The number of amides is 1. The number of nitrogens with zero attached hydrogens (tertiary/aromatic N) is 2. The van der Waals surface area contributed by atoms with Crippen molar-refractivity contribution in [3.63, 3.8) is 0 Å². The van der Waals surface area contributed by atoms with Crippen molar-refractivity contribution in [1.29, 1.82) is 5.26 Å². The fourth-order valence-electron chi connectivity index (χ4n) is 1.98. The van der Waals surface area contributed by atoms with Crippen molar-refractivity contribution in [3.8, 4) is 5.40 Å². The number of nitriles is 1. The van der Waals surface area contributed by atoms with Gasteiger partial charge in [0.05, 0.1) is 5.25 Å². The smallest absolute Gasteiger partial charge is 0.237 e. The Hall–Kier alpha value is -0.690. The molecule has 1 rings (SSSR count). The summed E-state index contributed by atoms with van der Waals surface area (Å²) >= 11 is 1.09. The Kier molecular flexibility index (Phi) is 4.97. The Labute approximate surface area is 95.8 Å². The van der Waals surface area contributed by atoms with Crippen molar-refractivity contribution in [2.75, 3.05) is 6.54 Å². The number of piperidine rings is 1. The molecule has 0 aromatic heterocycles. The van der Waals surface area contributed by atoms with Gasteiger partial charge in [-0.3, -0.25) is 4.79 Å². The molecule has 1 saturated heterocycles. The average molecular weight is 226 g/mol. The van der Waals surface area contributed by atoms with E-state index in [1.807, 2.05) is 17.2 Å². The van der Waals surface area contributed by atoms with Gasteiger partial charge in [0.15, 0.2) is 0 Å². The lowest BCUT2D eigenvalue weighted by Crippen LogP contribution is -2.45. The lowest BCUT2D eigenvalue weighted by Gasteiger charge is -2.35. The zero-order valence-corrected chi connectivity index (χ0v) is 10.2. The van der Waals surface area contributed by atoms with E-state index in [-0.39, 0.29) is 11.2 Å². The number of carbonyl (C=O) groups is 1. The second-order valence-electron chi connectivity index (χ2n) is 3.98. The number of hydrogen-bond acceptors (Lipinski definition) is 3. The minimum absolute atomic E-state index is 0.149. The number of thioether (sulfide) groups is 1. The van der Waals surface area contributed by atoms with E-state index in [2.05, 4.69) is 6.92 Å². The molecular weight excluding hydrogens is 208 g/mol. The van der Waals surface area contributed by atoms with Gasteiger partial charge in [0, 0.05) is 12.6 Å². The van der Waals surface area contributed by atoms with Crippen molar-refractivity contribution in [2.45, 2.75) is 50.8 Å². The third-order valence-electron chi connectivity index (χ3n) is 2.93.